The SMILES string of the molecule is NC1CCC2CN(C(=O)c3cc(Br)c4c(c3)OCO4)CC12. The summed E-state index contributed by atoms with van der Waals surface area (Å²) in [5.74, 6) is 2.39. The van der Waals surface area contributed by atoms with Crippen molar-refractivity contribution in [3.63, 3.8) is 0 Å². The van der Waals surface area contributed by atoms with Gasteiger partial charge in [0.2, 0.25) is 6.79 Å². The number of carbonyl (C=O) groups excluding carboxylic acids is 1. The first-order chi connectivity index (χ1) is 10.1. The molecule has 1 aliphatic carbocycles. The molecule has 2 heterocycles. The van der Waals surface area contributed by atoms with Crippen LogP contribution in [-0.2, 0) is 0 Å². The van der Waals surface area contributed by atoms with E-state index in [9.17, 15) is 4.79 Å². The van der Waals surface area contributed by atoms with Crippen molar-refractivity contribution in [2.24, 2.45) is 17.6 Å². The first kappa shape index (κ1) is 13.4. The molecule has 0 bridgehead atoms. The number of hydrogen-bond donors (Lipinski definition) is 1. The van der Waals surface area contributed by atoms with Gasteiger partial charge in [0.05, 0.1) is 4.47 Å². The molecule has 3 aliphatic rings. The molecular formula is C15H17BrN2O3. The van der Waals surface area contributed by atoms with Crippen LogP contribution in [0.2, 0.25) is 0 Å². The molecule has 2 fully saturated rings. The lowest BCUT2D eigenvalue weighted by atomic mass is 9.98. The van der Waals surface area contributed by atoms with Gasteiger partial charge in [0, 0.05) is 24.7 Å². The smallest absolute Gasteiger partial charge is 0.254 e. The number of hydrogen-bond acceptors (Lipinski definition) is 4. The Labute approximate surface area is 131 Å². The Morgan fingerprint density at radius 3 is 2.95 bits per heavy atom. The monoisotopic (exact) mass is 352 g/mol. The average Bonchev–Trinajstić information content (AvgIpc) is 3.15. The van der Waals surface area contributed by atoms with Gasteiger partial charge < -0.3 is 20.1 Å². The Morgan fingerprint density at radius 2 is 2.14 bits per heavy atom. The van der Waals surface area contributed by atoms with Gasteiger partial charge in [0.1, 0.15) is 0 Å². The molecule has 1 aromatic rings. The summed E-state index contributed by atoms with van der Waals surface area (Å²) < 4.78 is 11.5. The van der Waals surface area contributed by atoms with E-state index in [-0.39, 0.29) is 18.7 Å². The zero-order chi connectivity index (χ0) is 14.6. The summed E-state index contributed by atoms with van der Waals surface area (Å²) in [6.45, 7) is 1.80. The van der Waals surface area contributed by atoms with Crippen molar-refractivity contribution in [1.82, 2.24) is 4.90 Å². The summed E-state index contributed by atoms with van der Waals surface area (Å²) in [5, 5.41) is 0. The minimum Gasteiger partial charge on any atom is -0.454 e. The van der Waals surface area contributed by atoms with E-state index < -0.39 is 0 Å². The van der Waals surface area contributed by atoms with Crippen molar-refractivity contribution in [2.45, 2.75) is 18.9 Å². The second-order valence-corrected chi connectivity index (χ2v) is 6.92. The molecule has 1 amide bonds. The number of halogens is 1. The van der Waals surface area contributed by atoms with Crippen molar-refractivity contribution >= 4 is 21.8 Å². The number of benzene rings is 1. The Bertz CT molecular complexity index is 607. The van der Waals surface area contributed by atoms with Crippen LogP contribution in [0.25, 0.3) is 0 Å². The van der Waals surface area contributed by atoms with Gasteiger partial charge in [-0.15, -0.1) is 0 Å². The Kier molecular flexibility index (Phi) is 3.11. The second kappa shape index (κ2) is 4.88. The summed E-state index contributed by atoms with van der Waals surface area (Å²) in [6.07, 6.45) is 2.23. The standard InChI is InChI=1S/C15H17BrN2O3/c16-11-3-9(4-13-14(11)21-7-20-13)15(19)18-5-8-1-2-12(17)10(8)6-18/h3-4,8,10,12H,1-2,5-7,17H2. The Balaban J connectivity index is 1.57. The highest BCUT2D eigenvalue weighted by molar-refractivity contribution is 9.10. The van der Waals surface area contributed by atoms with Gasteiger partial charge in [0.25, 0.3) is 5.91 Å². The molecule has 0 radical (unpaired) electrons. The summed E-state index contributed by atoms with van der Waals surface area (Å²) in [5.41, 5.74) is 6.78. The molecule has 1 saturated carbocycles. The molecule has 0 spiro atoms. The van der Waals surface area contributed by atoms with Gasteiger partial charge in [-0.25, -0.2) is 0 Å². The van der Waals surface area contributed by atoms with Crippen LogP contribution in [0.3, 0.4) is 0 Å². The van der Waals surface area contributed by atoms with E-state index in [1.165, 1.54) is 0 Å². The lowest BCUT2D eigenvalue weighted by Crippen LogP contribution is -2.33. The number of nitrogens with two attached hydrogens (primary N) is 1. The predicted octanol–water partition coefficient (Wildman–Crippen LogP) is 1.99. The van der Waals surface area contributed by atoms with Gasteiger partial charge in [-0.2, -0.15) is 0 Å². The van der Waals surface area contributed by atoms with Crippen molar-refractivity contribution in [2.75, 3.05) is 19.9 Å². The van der Waals surface area contributed by atoms with Crippen LogP contribution < -0.4 is 15.2 Å². The van der Waals surface area contributed by atoms with E-state index in [0.29, 0.717) is 28.9 Å². The van der Waals surface area contributed by atoms with Crippen LogP contribution in [-0.4, -0.2) is 36.7 Å². The number of ether oxygens (including phenoxy) is 2. The fourth-order valence-electron chi connectivity index (χ4n) is 3.75. The summed E-state index contributed by atoms with van der Waals surface area (Å²) in [6, 6.07) is 3.82. The topological polar surface area (TPSA) is 64.8 Å². The number of likely N-dealkylation sites (tertiary alicyclic amines) is 1. The van der Waals surface area contributed by atoms with E-state index in [1.54, 1.807) is 6.07 Å². The van der Waals surface area contributed by atoms with Crippen LogP contribution >= 0.6 is 15.9 Å². The molecule has 5 nitrogen and oxygen atoms in total. The zero-order valence-corrected chi connectivity index (χ0v) is 13.1. The number of fused-ring (bicyclic) bond motifs is 2. The quantitative estimate of drug-likeness (QED) is 0.839. The van der Waals surface area contributed by atoms with E-state index in [4.69, 9.17) is 15.2 Å². The van der Waals surface area contributed by atoms with Gasteiger partial charge >= 0.3 is 0 Å². The summed E-state index contributed by atoms with van der Waals surface area (Å²) >= 11 is 3.44. The lowest BCUT2D eigenvalue weighted by molar-refractivity contribution is 0.0779. The highest BCUT2D eigenvalue weighted by atomic mass is 79.9. The Morgan fingerprint density at radius 1 is 1.29 bits per heavy atom. The first-order valence-corrected chi connectivity index (χ1v) is 8.07. The van der Waals surface area contributed by atoms with Crippen LogP contribution in [0, 0.1) is 11.8 Å². The normalized spacial score (nSPS) is 29.8. The second-order valence-electron chi connectivity index (χ2n) is 6.07. The van der Waals surface area contributed by atoms with Gasteiger partial charge in [0.15, 0.2) is 11.5 Å². The Hall–Kier alpha value is -1.27. The van der Waals surface area contributed by atoms with Gasteiger partial charge in [-0.05, 0) is 52.7 Å². The largest absolute Gasteiger partial charge is 0.454 e. The number of rotatable bonds is 1. The maximum atomic E-state index is 12.7. The lowest BCUT2D eigenvalue weighted by Gasteiger charge is -2.19. The molecule has 4 rings (SSSR count). The van der Waals surface area contributed by atoms with Gasteiger partial charge in [-0.3, -0.25) is 4.79 Å². The molecule has 21 heavy (non-hydrogen) atoms. The maximum Gasteiger partial charge on any atom is 0.254 e. The zero-order valence-electron chi connectivity index (χ0n) is 11.5. The highest BCUT2D eigenvalue weighted by Crippen LogP contribution is 2.41. The molecule has 3 unspecified atom stereocenters. The minimum absolute atomic E-state index is 0.0515. The molecule has 1 aromatic carbocycles. The summed E-state index contributed by atoms with van der Waals surface area (Å²) in [7, 11) is 0. The molecule has 0 aromatic heterocycles. The molecule has 3 atom stereocenters. The fraction of sp³-hybridized carbons (Fsp3) is 0.533. The molecule has 2 aliphatic heterocycles. The minimum atomic E-state index is 0.0515. The van der Waals surface area contributed by atoms with E-state index >= 15 is 0 Å². The third kappa shape index (κ3) is 2.12. The molecule has 1 saturated heterocycles. The fourth-order valence-corrected chi connectivity index (χ4v) is 4.30. The molecule has 112 valence electrons. The van der Waals surface area contributed by atoms with E-state index in [0.717, 1.165) is 30.4 Å². The van der Waals surface area contributed by atoms with Crippen LogP contribution in [0.4, 0.5) is 0 Å². The highest BCUT2D eigenvalue weighted by Gasteiger charge is 2.42. The van der Waals surface area contributed by atoms with E-state index in [2.05, 4.69) is 15.9 Å². The average molecular weight is 353 g/mol. The van der Waals surface area contributed by atoms with Crippen molar-refractivity contribution in [3.05, 3.63) is 22.2 Å². The number of nitrogens with zero attached hydrogens (tertiary/aromatic N) is 1. The molecule has 2 N–H and O–H groups in total. The molecule has 6 heteroatoms. The van der Waals surface area contributed by atoms with Crippen molar-refractivity contribution in [1.29, 1.82) is 0 Å². The predicted molar refractivity (Wildman–Crippen MR) is 80.4 cm³/mol. The maximum absolute atomic E-state index is 12.7. The third-order valence-electron chi connectivity index (χ3n) is 4.87. The third-order valence-corrected chi connectivity index (χ3v) is 5.46. The molecular weight excluding hydrogens is 336 g/mol. The van der Waals surface area contributed by atoms with Crippen LogP contribution in [0.5, 0.6) is 11.5 Å². The van der Waals surface area contributed by atoms with Crippen LogP contribution in [0.1, 0.15) is 23.2 Å². The summed E-state index contributed by atoms with van der Waals surface area (Å²) in [4.78, 5) is 14.6. The number of carbonyl (C=O) groups is 1. The van der Waals surface area contributed by atoms with E-state index in [1.807, 2.05) is 11.0 Å². The van der Waals surface area contributed by atoms with Crippen LogP contribution in [0.15, 0.2) is 16.6 Å². The number of amides is 1. The van der Waals surface area contributed by atoms with Crippen molar-refractivity contribution < 1.29 is 14.3 Å². The van der Waals surface area contributed by atoms with Gasteiger partial charge in [-0.1, -0.05) is 0 Å². The first-order valence-electron chi connectivity index (χ1n) is 7.27. The van der Waals surface area contributed by atoms with Crippen molar-refractivity contribution in [3.8, 4) is 11.5 Å².